The highest BCUT2D eigenvalue weighted by Gasteiger charge is 2.50. The first kappa shape index (κ1) is 28.4. The predicted octanol–water partition coefficient (Wildman–Crippen LogP) is 11.6. The van der Waals surface area contributed by atoms with Crippen molar-refractivity contribution in [2.75, 3.05) is 0 Å². The van der Waals surface area contributed by atoms with Crippen molar-refractivity contribution in [3.8, 4) is 67.7 Å². The summed E-state index contributed by atoms with van der Waals surface area (Å²) >= 11 is 0. The number of fused-ring (bicyclic) bond motifs is 9. The third kappa shape index (κ3) is 4.23. The lowest BCUT2D eigenvalue weighted by Crippen LogP contribution is -2.32. The van der Waals surface area contributed by atoms with Crippen LogP contribution in [0.4, 0.5) is 0 Å². The SMILES string of the molecule is c1ccc(-c2cc(-c3ccccc3-c3ccc4c(c3)Oc3ccccc3C43c4ccccc4-c4ccccc43)nc(-c3ccccc3)n2)cc1. The fourth-order valence-corrected chi connectivity index (χ4v) is 8.05. The molecule has 1 aromatic heterocycles. The highest BCUT2D eigenvalue weighted by atomic mass is 16.5. The van der Waals surface area contributed by atoms with Crippen LogP contribution in [-0.2, 0) is 5.41 Å². The number of hydrogen-bond donors (Lipinski definition) is 0. The number of rotatable bonds is 4. The van der Waals surface area contributed by atoms with Crippen molar-refractivity contribution >= 4 is 0 Å². The molecule has 0 bridgehead atoms. The average molecular weight is 639 g/mol. The van der Waals surface area contributed by atoms with E-state index in [-0.39, 0.29) is 0 Å². The van der Waals surface area contributed by atoms with Crippen LogP contribution in [0.25, 0.3) is 56.2 Å². The molecule has 1 aliphatic carbocycles. The lowest BCUT2D eigenvalue weighted by atomic mass is 9.66. The molecule has 234 valence electrons. The highest BCUT2D eigenvalue weighted by molar-refractivity contribution is 5.90. The lowest BCUT2D eigenvalue weighted by molar-refractivity contribution is 0.436. The Morgan fingerprint density at radius 3 is 1.56 bits per heavy atom. The number of ether oxygens (including phenoxy) is 1. The van der Waals surface area contributed by atoms with E-state index in [0.29, 0.717) is 5.82 Å². The zero-order valence-corrected chi connectivity index (χ0v) is 27.1. The van der Waals surface area contributed by atoms with Crippen molar-refractivity contribution in [2.45, 2.75) is 5.41 Å². The third-order valence-electron chi connectivity index (χ3n) is 10.2. The second kappa shape index (κ2) is 11.3. The molecule has 0 amide bonds. The van der Waals surface area contributed by atoms with Crippen molar-refractivity contribution in [1.82, 2.24) is 9.97 Å². The summed E-state index contributed by atoms with van der Waals surface area (Å²) in [6, 6.07) is 64.1. The second-order valence-electron chi connectivity index (χ2n) is 12.9. The van der Waals surface area contributed by atoms with Gasteiger partial charge in [0.2, 0.25) is 0 Å². The molecule has 50 heavy (non-hydrogen) atoms. The van der Waals surface area contributed by atoms with Crippen molar-refractivity contribution in [2.24, 2.45) is 0 Å². The summed E-state index contributed by atoms with van der Waals surface area (Å²) in [4.78, 5) is 10.2. The molecule has 8 aromatic rings. The summed E-state index contributed by atoms with van der Waals surface area (Å²) in [6.07, 6.45) is 0. The van der Waals surface area contributed by atoms with Crippen LogP contribution in [-0.4, -0.2) is 9.97 Å². The molecule has 3 heteroatoms. The fraction of sp³-hybridized carbons (Fsp3) is 0.0213. The topological polar surface area (TPSA) is 35.0 Å². The molecule has 0 radical (unpaired) electrons. The van der Waals surface area contributed by atoms with Gasteiger partial charge in [0.1, 0.15) is 11.5 Å². The fourth-order valence-electron chi connectivity index (χ4n) is 8.05. The maximum absolute atomic E-state index is 6.83. The molecular weight excluding hydrogens is 609 g/mol. The second-order valence-corrected chi connectivity index (χ2v) is 12.9. The molecule has 2 aliphatic rings. The van der Waals surface area contributed by atoms with Gasteiger partial charge in [-0.3, -0.25) is 0 Å². The van der Waals surface area contributed by atoms with Crippen LogP contribution in [0.5, 0.6) is 11.5 Å². The lowest BCUT2D eigenvalue weighted by Gasteiger charge is -2.39. The van der Waals surface area contributed by atoms with E-state index in [1.165, 1.54) is 27.8 Å². The Hall–Kier alpha value is -6.58. The number of aromatic nitrogens is 2. The number of hydrogen-bond acceptors (Lipinski definition) is 3. The molecule has 0 saturated heterocycles. The summed E-state index contributed by atoms with van der Waals surface area (Å²) < 4.78 is 6.83. The summed E-state index contributed by atoms with van der Waals surface area (Å²) in [7, 11) is 0. The van der Waals surface area contributed by atoms with Gasteiger partial charge in [-0.25, -0.2) is 9.97 Å². The minimum atomic E-state index is -0.489. The van der Waals surface area contributed by atoms with Gasteiger partial charge in [0.25, 0.3) is 0 Å². The maximum Gasteiger partial charge on any atom is 0.160 e. The van der Waals surface area contributed by atoms with Gasteiger partial charge in [-0.1, -0.05) is 164 Å². The van der Waals surface area contributed by atoms with Gasteiger partial charge in [-0.05, 0) is 51.6 Å². The normalized spacial score (nSPS) is 13.1. The predicted molar refractivity (Wildman–Crippen MR) is 201 cm³/mol. The van der Waals surface area contributed by atoms with Gasteiger partial charge in [-0.2, -0.15) is 0 Å². The Morgan fingerprint density at radius 1 is 0.340 bits per heavy atom. The molecule has 0 atom stereocenters. The zero-order valence-electron chi connectivity index (χ0n) is 27.1. The maximum atomic E-state index is 6.83. The number of para-hydroxylation sites is 1. The van der Waals surface area contributed by atoms with E-state index in [0.717, 1.165) is 56.3 Å². The smallest absolute Gasteiger partial charge is 0.160 e. The number of nitrogens with zero attached hydrogens (tertiary/aromatic N) is 2. The van der Waals surface area contributed by atoms with E-state index in [1.54, 1.807) is 0 Å². The highest BCUT2D eigenvalue weighted by Crippen LogP contribution is 2.62. The molecular formula is C47H30N2O. The van der Waals surface area contributed by atoms with Gasteiger partial charge >= 0.3 is 0 Å². The van der Waals surface area contributed by atoms with E-state index in [4.69, 9.17) is 14.7 Å². The van der Waals surface area contributed by atoms with Crippen LogP contribution in [0.2, 0.25) is 0 Å². The Morgan fingerprint density at radius 2 is 0.860 bits per heavy atom. The average Bonchev–Trinajstić information content (AvgIpc) is 3.49. The molecule has 1 spiro atoms. The molecule has 0 saturated carbocycles. The molecule has 10 rings (SSSR count). The first-order valence-corrected chi connectivity index (χ1v) is 17.0. The minimum absolute atomic E-state index is 0.489. The van der Waals surface area contributed by atoms with Crippen LogP contribution >= 0.6 is 0 Å². The van der Waals surface area contributed by atoms with Gasteiger partial charge in [-0.15, -0.1) is 0 Å². The Balaban J connectivity index is 1.18. The molecule has 0 N–H and O–H groups in total. The van der Waals surface area contributed by atoms with E-state index >= 15 is 0 Å². The van der Waals surface area contributed by atoms with Crippen molar-refractivity contribution < 1.29 is 4.74 Å². The van der Waals surface area contributed by atoms with Crippen LogP contribution < -0.4 is 4.74 Å². The van der Waals surface area contributed by atoms with Gasteiger partial charge in [0.05, 0.1) is 16.8 Å². The van der Waals surface area contributed by atoms with Crippen LogP contribution in [0.15, 0.2) is 182 Å². The van der Waals surface area contributed by atoms with Crippen LogP contribution in [0.1, 0.15) is 22.3 Å². The summed E-state index contributed by atoms with van der Waals surface area (Å²) in [5, 5.41) is 0. The van der Waals surface area contributed by atoms with Crippen LogP contribution in [0, 0.1) is 0 Å². The molecule has 2 heterocycles. The minimum Gasteiger partial charge on any atom is -0.457 e. The molecule has 0 unspecified atom stereocenters. The standard InChI is InChI=1S/C47H30N2O/c1-3-15-31(16-4-1)42-30-43(49-46(48-42)32-17-5-2-6-18-32)37-22-8-7-19-34(37)33-27-28-41-45(29-33)50-44-26-14-13-25-40(44)47(41)38-23-11-9-20-35(38)36-21-10-12-24-39(36)47/h1-30H. The Labute approximate surface area is 291 Å². The quantitative estimate of drug-likeness (QED) is 0.192. The summed E-state index contributed by atoms with van der Waals surface area (Å²) in [5.41, 5.74) is 13.9. The van der Waals surface area contributed by atoms with E-state index in [1.807, 2.05) is 36.4 Å². The van der Waals surface area contributed by atoms with Crippen LogP contribution in [0.3, 0.4) is 0 Å². The summed E-state index contributed by atoms with van der Waals surface area (Å²) in [6.45, 7) is 0. The third-order valence-corrected chi connectivity index (χ3v) is 10.2. The van der Waals surface area contributed by atoms with E-state index in [2.05, 4.69) is 146 Å². The largest absolute Gasteiger partial charge is 0.457 e. The van der Waals surface area contributed by atoms with Gasteiger partial charge in [0, 0.05) is 27.8 Å². The number of benzene rings is 7. The zero-order chi connectivity index (χ0) is 33.1. The molecule has 7 aromatic carbocycles. The Bertz CT molecular complexity index is 2470. The van der Waals surface area contributed by atoms with Crippen molar-refractivity contribution in [1.29, 1.82) is 0 Å². The first-order valence-electron chi connectivity index (χ1n) is 17.0. The van der Waals surface area contributed by atoms with E-state index < -0.39 is 5.41 Å². The monoisotopic (exact) mass is 638 g/mol. The molecule has 1 aliphatic heterocycles. The van der Waals surface area contributed by atoms with E-state index in [9.17, 15) is 0 Å². The van der Waals surface area contributed by atoms with Gasteiger partial charge < -0.3 is 4.74 Å². The van der Waals surface area contributed by atoms with Gasteiger partial charge in [0.15, 0.2) is 5.82 Å². The first-order chi connectivity index (χ1) is 24.8. The van der Waals surface area contributed by atoms with Crippen molar-refractivity contribution in [3.63, 3.8) is 0 Å². The Kier molecular flexibility index (Phi) is 6.40. The van der Waals surface area contributed by atoms with Crippen molar-refractivity contribution in [3.05, 3.63) is 204 Å². The molecule has 3 nitrogen and oxygen atoms in total. The summed E-state index contributed by atoms with van der Waals surface area (Å²) in [5.74, 6) is 2.44. The molecule has 0 fully saturated rings.